The second-order valence-corrected chi connectivity index (χ2v) is 9.52. The van der Waals surface area contributed by atoms with Crippen LogP contribution in [-0.2, 0) is 12.8 Å². The molecule has 1 aromatic carbocycles. The molecule has 32 heavy (non-hydrogen) atoms. The van der Waals surface area contributed by atoms with Crippen LogP contribution in [0.4, 0.5) is 0 Å². The molecule has 6 nitrogen and oxygen atoms in total. The molecule has 6 heteroatoms. The first-order chi connectivity index (χ1) is 15.4. The summed E-state index contributed by atoms with van der Waals surface area (Å²) in [5, 5.41) is 5.96. The highest BCUT2D eigenvalue weighted by Crippen LogP contribution is 2.23. The van der Waals surface area contributed by atoms with Gasteiger partial charge in [0.25, 0.3) is 11.8 Å². The lowest BCUT2D eigenvalue weighted by atomic mass is 9.89. The van der Waals surface area contributed by atoms with Gasteiger partial charge in [-0.2, -0.15) is 0 Å². The van der Waals surface area contributed by atoms with Crippen LogP contribution in [0.3, 0.4) is 0 Å². The standard InChI is InChI=1S/C26H33N3O3/c1-17(2)29-15-22(25(31)27-14-18-8-4-3-5-9-18)24(30)23(16-29)26(32)28-21-12-19-10-6-7-11-20(19)13-21/h6-7,10-11,15-18,21H,3-5,8-9,12-14H2,1-2H3,(H,27,31)(H,28,32). The third-order valence-electron chi connectivity index (χ3n) is 6.79. The number of aromatic nitrogens is 1. The number of carbonyl (C=O) groups is 2. The van der Waals surface area contributed by atoms with Crippen molar-refractivity contribution in [1.82, 2.24) is 15.2 Å². The fraction of sp³-hybridized carbons (Fsp3) is 0.500. The van der Waals surface area contributed by atoms with Gasteiger partial charge in [-0.1, -0.05) is 43.5 Å². The summed E-state index contributed by atoms with van der Waals surface area (Å²) in [7, 11) is 0. The lowest BCUT2D eigenvalue weighted by Crippen LogP contribution is -2.40. The molecule has 0 unspecified atom stereocenters. The van der Waals surface area contributed by atoms with Crippen molar-refractivity contribution in [2.75, 3.05) is 6.54 Å². The number of fused-ring (bicyclic) bond motifs is 1. The van der Waals surface area contributed by atoms with Crippen molar-refractivity contribution in [1.29, 1.82) is 0 Å². The smallest absolute Gasteiger partial charge is 0.257 e. The van der Waals surface area contributed by atoms with Gasteiger partial charge < -0.3 is 15.2 Å². The predicted octanol–water partition coefficient (Wildman–Crippen LogP) is 3.64. The van der Waals surface area contributed by atoms with E-state index in [-0.39, 0.29) is 23.2 Å². The summed E-state index contributed by atoms with van der Waals surface area (Å²) in [5.74, 6) is -0.336. The van der Waals surface area contributed by atoms with Crippen molar-refractivity contribution in [3.05, 3.63) is 69.1 Å². The van der Waals surface area contributed by atoms with Gasteiger partial charge in [0.05, 0.1) is 0 Å². The van der Waals surface area contributed by atoms with Crippen LogP contribution in [-0.4, -0.2) is 29.0 Å². The third-order valence-corrected chi connectivity index (χ3v) is 6.79. The minimum absolute atomic E-state index is 0.0165. The van der Waals surface area contributed by atoms with Gasteiger partial charge in [0, 0.05) is 31.0 Å². The van der Waals surface area contributed by atoms with E-state index in [1.54, 1.807) is 17.0 Å². The van der Waals surface area contributed by atoms with Crippen molar-refractivity contribution in [2.45, 2.75) is 70.9 Å². The zero-order valence-corrected chi connectivity index (χ0v) is 19.0. The quantitative estimate of drug-likeness (QED) is 0.727. The van der Waals surface area contributed by atoms with Gasteiger partial charge in [0.15, 0.2) is 0 Å². The fourth-order valence-electron chi connectivity index (χ4n) is 4.87. The molecule has 1 saturated carbocycles. The lowest BCUT2D eigenvalue weighted by molar-refractivity contribution is 0.0936. The SMILES string of the molecule is CC(C)n1cc(C(=O)NCC2CCCCC2)c(=O)c(C(=O)NC2Cc3ccccc3C2)c1. The molecule has 0 aliphatic heterocycles. The van der Waals surface area contributed by atoms with Gasteiger partial charge in [-0.15, -0.1) is 0 Å². The molecule has 2 aromatic rings. The van der Waals surface area contributed by atoms with E-state index in [1.807, 2.05) is 26.0 Å². The number of nitrogens with one attached hydrogen (secondary N) is 2. The Morgan fingerprint density at radius 3 is 2.16 bits per heavy atom. The Bertz CT molecular complexity index is 1030. The normalized spacial score (nSPS) is 16.7. The van der Waals surface area contributed by atoms with Crippen molar-refractivity contribution >= 4 is 11.8 Å². The van der Waals surface area contributed by atoms with E-state index < -0.39 is 17.2 Å². The molecule has 170 valence electrons. The van der Waals surface area contributed by atoms with Crippen LogP contribution < -0.4 is 16.1 Å². The van der Waals surface area contributed by atoms with Gasteiger partial charge in [-0.25, -0.2) is 0 Å². The third kappa shape index (κ3) is 4.95. The number of benzene rings is 1. The number of pyridine rings is 1. The van der Waals surface area contributed by atoms with Crippen LogP contribution in [0, 0.1) is 5.92 Å². The van der Waals surface area contributed by atoms with E-state index in [4.69, 9.17) is 0 Å². The van der Waals surface area contributed by atoms with Gasteiger partial charge in [0.1, 0.15) is 11.1 Å². The zero-order valence-electron chi connectivity index (χ0n) is 19.0. The molecule has 1 heterocycles. The molecule has 0 spiro atoms. The molecule has 0 saturated heterocycles. The largest absolute Gasteiger partial charge is 0.352 e. The molecule has 2 aliphatic carbocycles. The second-order valence-electron chi connectivity index (χ2n) is 9.52. The van der Waals surface area contributed by atoms with E-state index in [0.717, 1.165) is 25.7 Å². The van der Waals surface area contributed by atoms with E-state index in [0.29, 0.717) is 12.5 Å². The fourth-order valence-corrected chi connectivity index (χ4v) is 4.87. The maximum atomic E-state index is 13.1. The number of rotatable bonds is 6. The summed E-state index contributed by atoms with van der Waals surface area (Å²) in [5.41, 5.74) is 2.02. The van der Waals surface area contributed by atoms with E-state index in [2.05, 4.69) is 22.8 Å². The first-order valence-corrected chi connectivity index (χ1v) is 11.8. The molecule has 2 aliphatic rings. The first-order valence-electron chi connectivity index (χ1n) is 11.8. The summed E-state index contributed by atoms with van der Waals surface area (Å²) in [6.07, 6.45) is 10.5. The first kappa shape index (κ1) is 22.3. The lowest BCUT2D eigenvalue weighted by Gasteiger charge is -2.22. The number of amides is 2. The maximum Gasteiger partial charge on any atom is 0.257 e. The number of nitrogens with zero attached hydrogens (tertiary/aromatic N) is 1. The minimum atomic E-state index is -0.504. The minimum Gasteiger partial charge on any atom is -0.352 e. The van der Waals surface area contributed by atoms with Gasteiger partial charge in [0.2, 0.25) is 5.43 Å². The molecule has 1 fully saturated rings. The average Bonchev–Trinajstić information content (AvgIpc) is 3.20. The molecular formula is C26H33N3O3. The highest BCUT2D eigenvalue weighted by atomic mass is 16.2. The molecular weight excluding hydrogens is 402 g/mol. The number of hydrogen-bond acceptors (Lipinski definition) is 3. The summed E-state index contributed by atoms with van der Waals surface area (Å²) in [6, 6.07) is 8.12. The molecule has 4 rings (SSSR count). The van der Waals surface area contributed by atoms with Crippen molar-refractivity contribution in [2.24, 2.45) is 5.92 Å². The molecule has 0 atom stereocenters. The molecule has 2 amide bonds. The van der Waals surface area contributed by atoms with Crippen LogP contribution in [0.2, 0.25) is 0 Å². The van der Waals surface area contributed by atoms with Crippen LogP contribution in [0.25, 0.3) is 0 Å². The Morgan fingerprint density at radius 1 is 0.969 bits per heavy atom. The van der Waals surface area contributed by atoms with Gasteiger partial charge in [-0.05, 0) is 56.6 Å². The molecule has 1 aromatic heterocycles. The van der Waals surface area contributed by atoms with Crippen LogP contribution >= 0.6 is 0 Å². The van der Waals surface area contributed by atoms with E-state index >= 15 is 0 Å². The average molecular weight is 436 g/mol. The maximum absolute atomic E-state index is 13.1. The molecule has 0 bridgehead atoms. The van der Waals surface area contributed by atoms with Crippen molar-refractivity contribution < 1.29 is 9.59 Å². The Kier molecular flexibility index (Phi) is 6.77. The van der Waals surface area contributed by atoms with Gasteiger partial charge >= 0.3 is 0 Å². The van der Waals surface area contributed by atoms with Gasteiger partial charge in [-0.3, -0.25) is 14.4 Å². The Labute approximate surface area is 189 Å². The van der Waals surface area contributed by atoms with E-state index in [1.165, 1.54) is 30.4 Å². The summed E-state index contributed by atoms with van der Waals surface area (Å²) in [6.45, 7) is 4.50. The molecule has 2 N–H and O–H groups in total. The van der Waals surface area contributed by atoms with Crippen molar-refractivity contribution in [3.63, 3.8) is 0 Å². The zero-order chi connectivity index (χ0) is 22.7. The van der Waals surface area contributed by atoms with Crippen molar-refractivity contribution in [3.8, 4) is 0 Å². The van der Waals surface area contributed by atoms with Crippen LogP contribution in [0.5, 0.6) is 0 Å². The van der Waals surface area contributed by atoms with E-state index in [9.17, 15) is 14.4 Å². The topological polar surface area (TPSA) is 80.2 Å². The number of hydrogen-bond donors (Lipinski definition) is 2. The summed E-state index contributed by atoms with van der Waals surface area (Å²) < 4.78 is 1.77. The summed E-state index contributed by atoms with van der Waals surface area (Å²) >= 11 is 0. The van der Waals surface area contributed by atoms with Crippen LogP contribution in [0.15, 0.2) is 41.5 Å². The predicted molar refractivity (Wildman–Crippen MR) is 125 cm³/mol. The molecule has 0 radical (unpaired) electrons. The monoisotopic (exact) mass is 435 g/mol. The number of carbonyl (C=O) groups excluding carboxylic acids is 2. The Morgan fingerprint density at radius 2 is 1.56 bits per heavy atom. The highest BCUT2D eigenvalue weighted by Gasteiger charge is 2.26. The Balaban J connectivity index is 1.51. The summed E-state index contributed by atoms with van der Waals surface area (Å²) in [4.78, 5) is 39.1. The van der Waals surface area contributed by atoms with Crippen LogP contribution in [0.1, 0.15) is 83.8 Å². The Hall–Kier alpha value is -2.89. The highest BCUT2D eigenvalue weighted by molar-refractivity contribution is 5.99. The second kappa shape index (κ2) is 9.72.